The zero-order chi connectivity index (χ0) is 19.7. The lowest BCUT2D eigenvalue weighted by atomic mass is 9.79. The zero-order valence-electron chi connectivity index (χ0n) is 15.8. The van der Waals surface area contributed by atoms with Crippen LogP contribution in [0.25, 0.3) is 0 Å². The minimum Gasteiger partial charge on any atom is -0.396 e. The Morgan fingerprint density at radius 2 is 2.07 bits per heavy atom. The van der Waals surface area contributed by atoms with Crippen molar-refractivity contribution in [1.29, 1.82) is 0 Å². The van der Waals surface area contributed by atoms with Gasteiger partial charge in [0.05, 0.1) is 0 Å². The van der Waals surface area contributed by atoms with Gasteiger partial charge in [-0.1, -0.05) is 12.1 Å². The molecule has 0 saturated carbocycles. The second kappa shape index (κ2) is 7.62. The minimum atomic E-state index is -0.580. The van der Waals surface area contributed by atoms with Crippen molar-refractivity contribution in [3.8, 4) is 0 Å². The average Bonchev–Trinajstić information content (AvgIpc) is 2.95. The first-order valence-electron chi connectivity index (χ1n) is 9.80. The van der Waals surface area contributed by atoms with Crippen LogP contribution in [-0.2, 0) is 22.7 Å². The van der Waals surface area contributed by atoms with Crippen molar-refractivity contribution < 1.29 is 19.5 Å². The largest absolute Gasteiger partial charge is 0.396 e. The molecule has 4 N–H and O–H groups in total. The SMILES string of the molecule is O=C1CCC(N2Cc3cc(CNCC4(CCO)CNC4)ccc3C2=O)C(=O)N1. The standard InChI is InChI=1S/C20H26N4O4/c25-6-5-20(11-22-12-20)10-21-8-13-1-2-15-14(7-13)9-24(19(15)28)16-3-4-17(26)23-18(16)27/h1-2,7,16,21-22,25H,3-6,8-12H2,(H,23,26,27). The van der Waals surface area contributed by atoms with Crippen molar-refractivity contribution in [1.82, 2.24) is 20.9 Å². The number of imide groups is 1. The number of nitrogens with one attached hydrogen (secondary N) is 3. The Labute approximate surface area is 163 Å². The third-order valence-corrected chi connectivity index (χ3v) is 6.06. The van der Waals surface area contributed by atoms with Crippen molar-refractivity contribution in [2.75, 3.05) is 26.2 Å². The fraction of sp³-hybridized carbons (Fsp3) is 0.550. The number of carbonyl (C=O) groups is 3. The molecule has 8 nitrogen and oxygen atoms in total. The van der Waals surface area contributed by atoms with E-state index in [2.05, 4.69) is 16.0 Å². The average molecular weight is 386 g/mol. The summed E-state index contributed by atoms with van der Waals surface area (Å²) in [6.45, 7) is 3.94. The molecule has 4 rings (SSSR count). The molecule has 0 bridgehead atoms. The normalized spacial score (nSPS) is 23.4. The number of rotatable bonds is 7. The van der Waals surface area contributed by atoms with Crippen LogP contribution in [0.4, 0.5) is 0 Å². The van der Waals surface area contributed by atoms with Crippen LogP contribution in [0.3, 0.4) is 0 Å². The summed E-state index contributed by atoms with van der Waals surface area (Å²) in [5.74, 6) is -0.812. The van der Waals surface area contributed by atoms with Gasteiger partial charge in [-0.05, 0) is 30.0 Å². The van der Waals surface area contributed by atoms with Crippen LogP contribution in [0.5, 0.6) is 0 Å². The molecule has 0 radical (unpaired) electrons. The van der Waals surface area contributed by atoms with Crippen LogP contribution in [0.1, 0.15) is 40.7 Å². The van der Waals surface area contributed by atoms with E-state index in [1.165, 1.54) is 0 Å². The highest BCUT2D eigenvalue weighted by atomic mass is 16.3. The highest BCUT2D eigenvalue weighted by Crippen LogP contribution is 2.29. The van der Waals surface area contributed by atoms with E-state index in [0.29, 0.717) is 25.1 Å². The summed E-state index contributed by atoms with van der Waals surface area (Å²) in [4.78, 5) is 37.8. The summed E-state index contributed by atoms with van der Waals surface area (Å²) < 4.78 is 0. The molecule has 3 aliphatic heterocycles. The van der Waals surface area contributed by atoms with Crippen LogP contribution >= 0.6 is 0 Å². The van der Waals surface area contributed by atoms with E-state index < -0.39 is 6.04 Å². The number of nitrogens with zero attached hydrogens (tertiary/aromatic N) is 1. The van der Waals surface area contributed by atoms with Gasteiger partial charge in [-0.2, -0.15) is 0 Å². The fourth-order valence-electron chi connectivity index (χ4n) is 4.32. The first-order chi connectivity index (χ1) is 13.5. The molecular formula is C20H26N4O4. The molecule has 3 heterocycles. The van der Waals surface area contributed by atoms with Gasteiger partial charge >= 0.3 is 0 Å². The molecule has 2 saturated heterocycles. The third kappa shape index (κ3) is 3.55. The molecule has 1 atom stereocenters. The van der Waals surface area contributed by atoms with Gasteiger partial charge in [0, 0.05) is 56.7 Å². The van der Waals surface area contributed by atoms with E-state index in [-0.39, 0.29) is 36.2 Å². The highest BCUT2D eigenvalue weighted by molar-refractivity contribution is 6.05. The van der Waals surface area contributed by atoms with Gasteiger partial charge in [-0.25, -0.2) is 0 Å². The van der Waals surface area contributed by atoms with Crippen molar-refractivity contribution in [2.24, 2.45) is 5.41 Å². The van der Waals surface area contributed by atoms with E-state index in [4.69, 9.17) is 0 Å². The number of hydrogen-bond acceptors (Lipinski definition) is 6. The number of piperidine rings is 1. The second-order valence-corrected chi connectivity index (χ2v) is 8.07. The molecule has 150 valence electrons. The monoisotopic (exact) mass is 386 g/mol. The predicted octanol–water partition coefficient (Wildman–Crippen LogP) is -0.491. The van der Waals surface area contributed by atoms with Crippen LogP contribution in [0.15, 0.2) is 18.2 Å². The molecule has 0 aromatic heterocycles. The molecule has 8 heteroatoms. The maximum absolute atomic E-state index is 12.7. The predicted molar refractivity (Wildman–Crippen MR) is 101 cm³/mol. The van der Waals surface area contributed by atoms with E-state index >= 15 is 0 Å². The van der Waals surface area contributed by atoms with Gasteiger partial charge in [0.25, 0.3) is 5.91 Å². The summed E-state index contributed by atoms with van der Waals surface area (Å²) in [7, 11) is 0. The first kappa shape index (κ1) is 19.0. The number of carbonyl (C=O) groups excluding carboxylic acids is 3. The lowest BCUT2D eigenvalue weighted by Crippen LogP contribution is -2.58. The molecule has 0 aliphatic carbocycles. The lowest BCUT2D eigenvalue weighted by molar-refractivity contribution is -0.136. The van der Waals surface area contributed by atoms with Gasteiger partial charge in [-0.3, -0.25) is 19.7 Å². The summed E-state index contributed by atoms with van der Waals surface area (Å²) in [5.41, 5.74) is 2.77. The molecule has 2 fully saturated rings. The second-order valence-electron chi connectivity index (χ2n) is 8.07. The minimum absolute atomic E-state index is 0.129. The number of fused-ring (bicyclic) bond motifs is 1. The Kier molecular flexibility index (Phi) is 5.18. The van der Waals surface area contributed by atoms with Gasteiger partial charge in [0.1, 0.15) is 6.04 Å². The van der Waals surface area contributed by atoms with Crippen LogP contribution < -0.4 is 16.0 Å². The quantitative estimate of drug-likeness (QED) is 0.471. The van der Waals surface area contributed by atoms with Gasteiger partial charge < -0.3 is 20.6 Å². The molecule has 1 aromatic carbocycles. The smallest absolute Gasteiger partial charge is 0.255 e. The van der Waals surface area contributed by atoms with Gasteiger partial charge in [0.2, 0.25) is 11.8 Å². The maximum Gasteiger partial charge on any atom is 0.255 e. The van der Waals surface area contributed by atoms with Crippen molar-refractivity contribution in [2.45, 2.75) is 38.4 Å². The zero-order valence-corrected chi connectivity index (χ0v) is 15.8. The van der Waals surface area contributed by atoms with E-state index in [9.17, 15) is 19.5 Å². The summed E-state index contributed by atoms with van der Waals surface area (Å²) >= 11 is 0. The summed E-state index contributed by atoms with van der Waals surface area (Å²) in [6, 6.07) is 5.21. The van der Waals surface area contributed by atoms with Gasteiger partial charge in [-0.15, -0.1) is 0 Å². The number of aliphatic hydroxyl groups excluding tert-OH is 1. The molecule has 3 amide bonds. The van der Waals surface area contributed by atoms with Gasteiger partial charge in [0.15, 0.2) is 0 Å². The maximum atomic E-state index is 12.7. The Morgan fingerprint density at radius 1 is 1.25 bits per heavy atom. The molecular weight excluding hydrogens is 360 g/mol. The van der Waals surface area contributed by atoms with Crippen LogP contribution in [-0.4, -0.2) is 60.0 Å². The van der Waals surface area contributed by atoms with Crippen molar-refractivity contribution >= 4 is 17.7 Å². The topological polar surface area (TPSA) is 111 Å². The number of hydrogen-bond donors (Lipinski definition) is 4. The van der Waals surface area contributed by atoms with Crippen LogP contribution in [0.2, 0.25) is 0 Å². The van der Waals surface area contributed by atoms with Crippen LogP contribution in [0, 0.1) is 5.41 Å². The lowest BCUT2D eigenvalue weighted by Gasteiger charge is -2.42. The summed E-state index contributed by atoms with van der Waals surface area (Å²) in [6.07, 6.45) is 1.42. The summed E-state index contributed by atoms with van der Waals surface area (Å²) in [5, 5.41) is 18.3. The fourth-order valence-corrected chi connectivity index (χ4v) is 4.32. The molecule has 1 aromatic rings. The molecule has 3 aliphatic rings. The number of benzene rings is 1. The highest BCUT2D eigenvalue weighted by Gasteiger charge is 2.39. The van der Waals surface area contributed by atoms with E-state index in [0.717, 1.165) is 37.2 Å². The van der Waals surface area contributed by atoms with Crippen molar-refractivity contribution in [3.05, 3.63) is 34.9 Å². The Morgan fingerprint density at radius 3 is 2.75 bits per heavy atom. The Hall–Kier alpha value is -2.29. The van der Waals surface area contributed by atoms with Crippen molar-refractivity contribution in [3.63, 3.8) is 0 Å². The van der Waals surface area contributed by atoms with E-state index in [1.54, 1.807) is 4.90 Å². The number of amides is 3. The Balaban J connectivity index is 1.38. The third-order valence-electron chi connectivity index (χ3n) is 6.06. The Bertz CT molecular complexity index is 805. The van der Waals surface area contributed by atoms with E-state index in [1.807, 2.05) is 18.2 Å². The molecule has 28 heavy (non-hydrogen) atoms. The molecule has 0 spiro atoms. The molecule has 1 unspecified atom stereocenters. The first-order valence-corrected chi connectivity index (χ1v) is 9.80. The number of aliphatic hydroxyl groups is 1.